The summed E-state index contributed by atoms with van der Waals surface area (Å²) in [5, 5.41) is 2.36. The molecular weight excluding hydrogens is 341 g/mol. The Morgan fingerprint density at radius 1 is 1.22 bits per heavy atom. The van der Waals surface area contributed by atoms with Gasteiger partial charge >= 0.3 is 5.97 Å². The smallest absolute Gasteiger partial charge is 0.338 e. The number of amides is 1. The highest BCUT2D eigenvalue weighted by atomic mass is 35.5. The highest BCUT2D eigenvalue weighted by molar-refractivity contribution is 7.98. The average molecular weight is 354 g/mol. The number of esters is 1. The van der Waals surface area contributed by atoms with Gasteiger partial charge in [0.15, 0.2) is 6.61 Å². The van der Waals surface area contributed by atoms with Crippen LogP contribution < -0.4 is 5.32 Å². The van der Waals surface area contributed by atoms with Gasteiger partial charge in [-0.25, -0.2) is 9.18 Å². The van der Waals surface area contributed by atoms with Gasteiger partial charge in [-0.1, -0.05) is 11.6 Å². The number of thioether (sulfide) groups is 1. The Balaban J connectivity index is 1.87. The molecule has 0 radical (unpaired) electrons. The molecule has 2 aromatic carbocycles. The molecule has 2 aromatic rings. The molecule has 0 saturated heterocycles. The van der Waals surface area contributed by atoms with E-state index in [0.717, 1.165) is 11.0 Å². The van der Waals surface area contributed by atoms with E-state index in [2.05, 4.69) is 5.32 Å². The minimum Gasteiger partial charge on any atom is -0.452 e. The Hall–Kier alpha value is -2.05. The van der Waals surface area contributed by atoms with Crippen LogP contribution in [0.4, 0.5) is 10.1 Å². The number of hydrogen-bond donors (Lipinski definition) is 1. The quantitative estimate of drug-likeness (QED) is 0.652. The summed E-state index contributed by atoms with van der Waals surface area (Å²) in [5.74, 6) is -1.71. The van der Waals surface area contributed by atoms with Crippen molar-refractivity contribution in [3.63, 3.8) is 0 Å². The van der Waals surface area contributed by atoms with Gasteiger partial charge in [-0.3, -0.25) is 4.79 Å². The molecule has 0 bridgehead atoms. The Morgan fingerprint density at radius 3 is 2.52 bits per heavy atom. The Bertz CT molecular complexity index is 722. The third-order valence-corrected chi connectivity index (χ3v) is 3.90. The van der Waals surface area contributed by atoms with Crippen molar-refractivity contribution in [3.8, 4) is 0 Å². The average Bonchev–Trinajstić information content (AvgIpc) is 2.56. The molecule has 7 heteroatoms. The number of carbonyl (C=O) groups excluding carboxylic acids is 2. The molecule has 0 aliphatic heterocycles. The van der Waals surface area contributed by atoms with Crippen LogP contribution in [0.1, 0.15) is 10.4 Å². The Morgan fingerprint density at radius 2 is 1.91 bits per heavy atom. The Labute approximate surface area is 142 Å². The third kappa shape index (κ3) is 4.97. The first-order valence-corrected chi connectivity index (χ1v) is 8.16. The van der Waals surface area contributed by atoms with Crippen molar-refractivity contribution in [2.75, 3.05) is 18.2 Å². The second-order valence-corrected chi connectivity index (χ2v) is 5.77. The Kier molecular flexibility index (Phi) is 6.01. The monoisotopic (exact) mass is 353 g/mol. The van der Waals surface area contributed by atoms with Gasteiger partial charge in [0.25, 0.3) is 5.91 Å². The highest BCUT2D eigenvalue weighted by Gasteiger charge is 2.11. The largest absolute Gasteiger partial charge is 0.452 e. The van der Waals surface area contributed by atoms with E-state index in [9.17, 15) is 14.0 Å². The maximum atomic E-state index is 13.0. The molecule has 0 saturated carbocycles. The lowest BCUT2D eigenvalue weighted by molar-refractivity contribution is -0.119. The van der Waals surface area contributed by atoms with Gasteiger partial charge in [-0.05, 0) is 48.7 Å². The molecule has 0 atom stereocenters. The fourth-order valence-electron chi connectivity index (χ4n) is 1.71. The van der Waals surface area contributed by atoms with Crippen molar-refractivity contribution in [1.29, 1.82) is 0 Å². The van der Waals surface area contributed by atoms with Gasteiger partial charge in [0, 0.05) is 10.6 Å². The lowest BCUT2D eigenvalue weighted by Gasteiger charge is -2.07. The SMILES string of the molecule is CSc1ccc(C(=O)OCC(=O)Nc2ccc(F)c(Cl)c2)cc1. The van der Waals surface area contributed by atoms with Crippen LogP contribution in [0.3, 0.4) is 0 Å². The second-order valence-electron chi connectivity index (χ2n) is 4.48. The second kappa shape index (κ2) is 7.99. The standard InChI is InChI=1S/C16H13ClFNO3S/c1-23-12-5-2-10(3-6-12)16(21)22-9-15(20)19-11-4-7-14(18)13(17)8-11/h2-8H,9H2,1H3,(H,19,20). The molecule has 120 valence electrons. The van der Waals surface area contributed by atoms with Gasteiger partial charge in [0.1, 0.15) is 5.82 Å². The predicted molar refractivity (Wildman–Crippen MR) is 88.5 cm³/mol. The number of hydrogen-bond acceptors (Lipinski definition) is 4. The number of halogens is 2. The van der Waals surface area contributed by atoms with Crippen LogP contribution in [-0.4, -0.2) is 24.7 Å². The van der Waals surface area contributed by atoms with Crippen molar-refractivity contribution in [1.82, 2.24) is 0 Å². The number of carbonyl (C=O) groups is 2. The molecule has 4 nitrogen and oxygen atoms in total. The van der Waals surface area contributed by atoms with E-state index in [4.69, 9.17) is 16.3 Å². The van der Waals surface area contributed by atoms with Crippen LogP contribution in [0, 0.1) is 5.82 Å². The van der Waals surface area contributed by atoms with Crippen LogP contribution in [-0.2, 0) is 9.53 Å². The van der Waals surface area contributed by atoms with Crippen molar-refractivity contribution in [2.24, 2.45) is 0 Å². The molecule has 1 amide bonds. The number of anilines is 1. The number of rotatable bonds is 5. The van der Waals surface area contributed by atoms with E-state index >= 15 is 0 Å². The molecular formula is C16H13ClFNO3S. The molecule has 0 aliphatic carbocycles. The van der Waals surface area contributed by atoms with E-state index in [1.807, 2.05) is 6.26 Å². The summed E-state index contributed by atoms with van der Waals surface area (Å²) in [6, 6.07) is 10.6. The normalized spacial score (nSPS) is 10.2. The fourth-order valence-corrected chi connectivity index (χ4v) is 2.30. The van der Waals surface area contributed by atoms with Crippen molar-refractivity contribution < 1.29 is 18.7 Å². The summed E-state index contributed by atoms with van der Waals surface area (Å²) >= 11 is 7.17. The summed E-state index contributed by atoms with van der Waals surface area (Å²) in [4.78, 5) is 24.6. The summed E-state index contributed by atoms with van der Waals surface area (Å²) in [5.41, 5.74) is 0.683. The van der Waals surface area contributed by atoms with E-state index < -0.39 is 24.3 Å². The van der Waals surface area contributed by atoms with Crippen LogP contribution in [0.25, 0.3) is 0 Å². The topological polar surface area (TPSA) is 55.4 Å². The van der Waals surface area contributed by atoms with Crippen LogP contribution in [0.15, 0.2) is 47.4 Å². The molecule has 0 aromatic heterocycles. The first-order valence-electron chi connectivity index (χ1n) is 6.55. The number of ether oxygens (including phenoxy) is 1. The van der Waals surface area contributed by atoms with E-state index in [0.29, 0.717) is 11.3 Å². The molecule has 0 fully saturated rings. The van der Waals surface area contributed by atoms with E-state index in [-0.39, 0.29) is 5.02 Å². The predicted octanol–water partition coefficient (Wildman–Crippen LogP) is 4.00. The zero-order valence-electron chi connectivity index (χ0n) is 12.1. The molecule has 1 N–H and O–H groups in total. The fraction of sp³-hybridized carbons (Fsp3) is 0.125. The van der Waals surface area contributed by atoms with Crippen molar-refractivity contribution in [2.45, 2.75) is 4.90 Å². The van der Waals surface area contributed by atoms with Crippen molar-refractivity contribution >= 4 is 40.9 Å². The van der Waals surface area contributed by atoms with Crippen LogP contribution in [0.5, 0.6) is 0 Å². The van der Waals surface area contributed by atoms with Gasteiger partial charge in [0.2, 0.25) is 0 Å². The minimum absolute atomic E-state index is 0.103. The van der Waals surface area contributed by atoms with E-state index in [1.54, 1.807) is 36.0 Å². The maximum absolute atomic E-state index is 13.0. The summed E-state index contributed by atoms with van der Waals surface area (Å²) in [6.45, 7) is -0.446. The molecule has 0 unspecified atom stereocenters. The van der Waals surface area contributed by atoms with Gasteiger partial charge < -0.3 is 10.1 Å². The zero-order chi connectivity index (χ0) is 16.8. The zero-order valence-corrected chi connectivity index (χ0v) is 13.7. The van der Waals surface area contributed by atoms with Gasteiger partial charge in [-0.15, -0.1) is 11.8 Å². The van der Waals surface area contributed by atoms with Gasteiger partial charge in [-0.2, -0.15) is 0 Å². The molecule has 23 heavy (non-hydrogen) atoms. The van der Waals surface area contributed by atoms with Crippen LogP contribution >= 0.6 is 23.4 Å². The van der Waals surface area contributed by atoms with Gasteiger partial charge in [0.05, 0.1) is 10.6 Å². The van der Waals surface area contributed by atoms with Crippen molar-refractivity contribution in [3.05, 3.63) is 58.9 Å². The molecule has 0 aliphatic rings. The third-order valence-electron chi connectivity index (χ3n) is 2.86. The first-order chi connectivity index (χ1) is 11.0. The van der Waals surface area contributed by atoms with Crippen LogP contribution in [0.2, 0.25) is 5.02 Å². The highest BCUT2D eigenvalue weighted by Crippen LogP contribution is 2.19. The summed E-state index contributed by atoms with van der Waals surface area (Å²) in [7, 11) is 0. The van der Waals surface area contributed by atoms with E-state index in [1.165, 1.54) is 12.1 Å². The first kappa shape index (κ1) is 17.3. The maximum Gasteiger partial charge on any atom is 0.338 e. The lowest BCUT2D eigenvalue weighted by atomic mass is 10.2. The minimum atomic E-state index is -0.593. The number of nitrogens with one attached hydrogen (secondary N) is 1. The number of benzene rings is 2. The summed E-state index contributed by atoms with van der Waals surface area (Å²) in [6.07, 6.45) is 1.93. The lowest BCUT2D eigenvalue weighted by Crippen LogP contribution is -2.20. The summed E-state index contributed by atoms with van der Waals surface area (Å²) < 4.78 is 17.9. The molecule has 2 rings (SSSR count). The molecule has 0 spiro atoms. The molecule has 0 heterocycles.